The summed E-state index contributed by atoms with van der Waals surface area (Å²) >= 11 is 0. The maximum atomic E-state index is 11.0. The molecule has 2 saturated heterocycles. The smallest absolute Gasteiger partial charge is 0.313 e. The lowest BCUT2D eigenvalue weighted by Crippen LogP contribution is -2.46. The number of hydrogen-bond acceptors (Lipinski definition) is 3. The van der Waals surface area contributed by atoms with Crippen LogP contribution in [0.1, 0.15) is 19.3 Å². The lowest BCUT2D eigenvalue weighted by molar-refractivity contribution is -0.151. The topological polar surface area (TPSA) is 72.6 Å². The predicted octanol–water partition coefficient (Wildman–Crippen LogP) is -0.0326. The van der Waals surface area contributed by atoms with Crippen molar-refractivity contribution in [3.8, 4) is 0 Å². The average Bonchev–Trinajstić information content (AvgIpc) is 2.62. The first kappa shape index (κ1) is 8.01. The number of hydrogen-bond donors (Lipinski definition) is 2. The number of carboxylic acid groups (broad SMARTS) is 1. The number of nitrogens with two attached hydrogens (primary N) is 1. The number of aliphatic carboxylic acids is 1. The third-order valence-electron chi connectivity index (χ3n) is 3.11. The molecule has 2 aliphatic rings. The van der Waals surface area contributed by atoms with Crippen LogP contribution in [0.5, 0.6) is 0 Å². The van der Waals surface area contributed by atoms with E-state index in [1.165, 1.54) is 0 Å². The quantitative estimate of drug-likeness (QED) is 0.611. The second kappa shape index (κ2) is 2.44. The summed E-state index contributed by atoms with van der Waals surface area (Å²) in [5.74, 6) is -0.794. The van der Waals surface area contributed by atoms with Crippen molar-refractivity contribution in [2.45, 2.75) is 31.5 Å². The summed E-state index contributed by atoms with van der Waals surface area (Å²) in [7, 11) is 0. The van der Waals surface area contributed by atoms with Gasteiger partial charge < -0.3 is 15.6 Å². The van der Waals surface area contributed by atoms with Crippen LogP contribution in [0.2, 0.25) is 0 Å². The highest BCUT2D eigenvalue weighted by molar-refractivity contribution is 5.76. The molecule has 2 rings (SSSR count). The molecule has 0 saturated carbocycles. The Morgan fingerprint density at radius 2 is 2.42 bits per heavy atom. The first-order valence-corrected chi connectivity index (χ1v) is 4.28. The summed E-state index contributed by atoms with van der Waals surface area (Å²) in [6.45, 7) is 0.198. The van der Waals surface area contributed by atoms with Gasteiger partial charge in [0, 0.05) is 6.54 Å². The molecule has 0 spiro atoms. The molecule has 0 amide bonds. The van der Waals surface area contributed by atoms with Crippen LogP contribution in [-0.2, 0) is 9.53 Å². The van der Waals surface area contributed by atoms with Crippen molar-refractivity contribution < 1.29 is 14.6 Å². The molecule has 3 atom stereocenters. The summed E-state index contributed by atoms with van der Waals surface area (Å²) < 4.78 is 5.48. The second-order valence-corrected chi connectivity index (χ2v) is 3.69. The normalized spacial score (nSPS) is 45.1. The van der Waals surface area contributed by atoms with Crippen LogP contribution >= 0.6 is 0 Å². The van der Waals surface area contributed by atoms with Gasteiger partial charge in [0.2, 0.25) is 0 Å². The van der Waals surface area contributed by atoms with Gasteiger partial charge in [0.05, 0.1) is 12.2 Å². The van der Waals surface area contributed by atoms with E-state index < -0.39 is 11.4 Å². The Morgan fingerprint density at radius 1 is 1.67 bits per heavy atom. The van der Waals surface area contributed by atoms with Crippen molar-refractivity contribution in [3.05, 3.63) is 0 Å². The van der Waals surface area contributed by atoms with Gasteiger partial charge in [-0.1, -0.05) is 0 Å². The van der Waals surface area contributed by atoms with Gasteiger partial charge in [-0.05, 0) is 19.3 Å². The first-order valence-electron chi connectivity index (χ1n) is 4.28. The fraction of sp³-hybridized carbons (Fsp3) is 0.875. The van der Waals surface area contributed by atoms with Crippen LogP contribution in [0.3, 0.4) is 0 Å². The second-order valence-electron chi connectivity index (χ2n) is 3.69. The molecule has 2 bridgehead atoms. The largest absolute Gasteiger partial charge is 0.481 e. The molecule has 2 aliphatic heterocycles. The van der Waals surface area contributed by atoms with Crippen molar-refractivity contribution >= 4 is 5.97 Å². The maximum Gasteiger partial charge on any atom is 0.313 e. The van der Waals surface area contributed by atoms with Crippen LogP contribution < -0.4 is 5.73 Å². The maximum absolute atomic E-state index is 11.0. The van der Waals surface area contributed by atoms with Crippen LogP contribution in [0.15, 0.2) is 0 Å². The molecule has 4 nitrogen and oxygen atoms in total. The van der Waals surface area contributed by atoms with Gasteiger partial charge in [0.25, 0.3) is 0 Å². The van der Waals surface area contributed by atoms with Crippen LogP contribution in [0.4, 0.5) is 0 Å². The number of carboxylic acids is 1. The van der Waals surface area contributed by atoms with E-state index in [1.807, 2.05) is 0 Å². The van der Waals surface area contributed by atoms with Gasteiger partial charge in [-0.3, -0.25) is 4.79 Å². The third-order valence-corrected chi connectivity index (χ3v) is 3.11. The van der Waals surface area contributed by atoms with Gasteiger partial charge in [-0.25, -0.2) is 0 Å². The molecule has 3 N–H and O–H groups in total. The molecule has 68 valence electrons. The number of ether oxygens (including phenoxy) is 1. The van der Waals surface area contributed by atoms with Crippen molar-refractivity contribution in [2.75, 3.05) is 6.54 Å². The van der Waals surface area contributed by atoms with Crippen LogP contribution in [-0.4, -0.2) is 29.8 Å². The summed E-state index contributed by atoms with van der Waals surface area (Å²) in [6, 6.07) is 0. The molecule has 0 aromatic carbocycles. The Balaban J connectivity index is 2.25. The zero-order valence-electron chi connectivity index (χ0n) is 6.82. The minimum absolute atomic E-state index is 0.134. The van der Waals surface area contributed by atoms with Gasteiger partial charge in [0.15, 0.2) is 0 Å². The molecule has 0 aliphatic carbocycles. The van der Waals surface area contributed by atoms with E-state index in [0.29, 0.717) is 6.42 Å². The first-order chi connectivity index (χ1) is 5.69. The van der Waals surface area contributed by atoms with E-state index in [1.54, 1.807) is 0 Å². The lowest BCUT2D eigenvalue weighted by Gasteiger charge is -2.28. The Hall–Kier alpha value is -0.610. The molecule has 12 heavy (non-hydrogen) atoms. The molecule has 4 heteroatoms. The molecular formula is C8H13NO3. The zero-order valence-corrected chi connectivity index (χ0v) is 6.82. The summed E-state index contributed by atoms with van der Waals surface area (Å²) in [6.07, 6.45) is 2.47. The summed E-state index contributed by atoms with van der Waals surface area (Å²) in [4.78, 5) is 11.0. The third kappa shape index (κ3) is 0.820. The van der Waals surface area contributed by atoms with Crippen LogP contribution in [0, 0.1) is 5.41 Å². The fourth-order valence-electron chi connectivity index (χ4n) is 2.33. The Labute approximate surface area is 70.7 Å². The van der Waals surface area contributed by atoms with E-state index in [4.69, 9.17) is 15.6 Å². The van der Waals surface area contributed by atoms with Gasteiger partial charge >= 0.3 is 5.97 Å². The van der Waals surface area contributed by atoms with Gasteiger partial charge in [0.1, 0.15) is 5.41 Å². The van der Waals surface area contributed by atoms with Crippen molar-refractivity contribution in [1.29, 1.82) is 0 Å². The molecule has 0 aromatic heterocycles. The van der Waals surface area contributed by atoms with E-state index in [0.717, 1.165) is 12.8 Å². The van der Waals surface area contributed by atoms with Gasteiger partial charge in [-0.15, -0.1) is 0 Å². The molecule has 0 radical (unpaired) electrons. The van der Waals surface area contributed by atoms with Gasteiger partial charge in [-0.2, -0.15) is 0 Å². The van der Waals surface area contributed by atoms with E-state index in [2.05, 4.69) is 0 Å². The average molecular weight is 171 g/mol. The summed E-state index contributed by atoms with van der Waals surface area (Å²) in [5.41, 5.74) is 4.72. The monoisotopic (exact) mass is 171 g/mol. The Kier molecular flexibility index (Phi) is 1.63. The van der Waals surface area contributed by atoms with Crippen LogP contribution in [0.25, 0.3) is 0 Å². The molecular weight excluding hydrogens is 158 g/mol. The highest BCUT2D eigenvalue weighted by Crippen LogP contribution is 2.47. The SMILES string of the molecule is NCC1(C(=O)O)CC2CCC1O2. The van der Waals surface area contributed by atoms with Crippen molar-refractivity contribution in [3.63, 3.8) is 0 Å². The van der Waals surface area contributed by atoms with E-state index in [9.17, 15) is 4.79 Å². The van der Waals surface area contributed by atoms with Crippen molar-refractivity contribution in [2.24, 2.45) is 11.1 Å². The standard InChI is InChI=1S/C8H13NO3/c9-4-8(7(10)11)3-5-1-2-6(8)12-5/h5-6H,1-4,9H2,(H,10,11). The molecule has 2 heterocycles. The zero-order chi connectivity index (χ0) is 8.77. The predicted molar refractivity (Wildman–Crippen MR) is 41.6 cm³/mol. The van der Waals surface area contributed by atoms with E-state index in [-0.39, 0.29) is 18.8 Å². The number of rotatable bonds is 2. The Morgan fingerprint density at radius 3 is 2.67 bits per heavy atom. The fourth-order valence-corrected chi connectivity index (χ4v) is 2.33. The lowest BCUT2D eigenvalue weighted by atomic mass is 9.74. The molecule has 3 unspecified atom stereocenters. The number of carbonyl (C=O) groups is 1. The highest BCUT2D eigenvalue weighted by atomic mass is 16.5. The highest BCUT2D eigenvalue weighted by Gasteiger charge is 2.56. The van der Waals surface area contributed by atoms with Crippen molar-refractivity contribution in [1.82, 2.24) is 0 Å². The number of fused-ring (bicyclic) bond motifs is 2. The molecule has 2 fully saturated rings. The molecule has 0 aromatic rings. The Bertz CT molecular complexity index is 218. The minimum Gasteiger partial charge on any atom is -0.481 e. The minimum atomic E-state index is -0.794. The summed E-state index contributed by atoms with van der Waals surface area (Å²) in [5, 5.41) is 9.03. The van der Waals surface area contributed by atoms with E-state index >= 15 is 0 Å².